The molecular formula is C38H45FIrNO2SSi-. The molecule has 0 aliphatic heterocycles. The van der Waals surface area contributed by atoms with Gasteiger partial charge in [0, 0.05) is 58.8 Å². The average Bonchev–Trinajstić information content (AvgIpc) is 3.36. The molecule has 2 aromatic heterocycles. The van der Waals surface area contributed by atoms with Gasteiger partial charge >= 0.3 is 0 Å². The van der Waals surface area contributed by atoms with Crippen LogP contribution in [0.2, 0.25) is 19.6 Å². The van der Waals surface area contributed by atoms with Crippen molar-refractivity contribution in [1.29, 1.82) is 0 Å². The van der Waals surface area contributed by atoms with E-state index >= 15 is 0 Å². The molecule has 0 bridgehead atoms. The number of nitrogens with zero attached hydrogens (tertiary/aromatic N) is 1. The largest absolute Gasteiger partial charge is 0.512 e. The van der Waals surface area contributed by atoms with Crippen LogP contribution >= 0.6 is 11.3 Å². The van der Waals surface area contributed by atoms with Crippen molar-refractivity contribution in [3.8, 4) is 11.3 Å². The summed E-state index contributed by atoms with van der Waals surface area (Å²) >= 11 is 1.90. The number of ketones is 1. The van der Waals surface area contributed by atoms with Gasteiger partial charge in [-0.05, 0) is 42.2 Å². The summed E-state index contributed by atoms with van der Waals surface area (Å²) in [5, 5.41) is 15.9. The Labute approximate surface area is 286 Å². The Kier molecular flexibility index (Phi) is 12.1. The van der Waals surface area contributed by atoms with Gasteiger partial charge in [0.1, 0.15) is 0 Å². The topological polar surface area (TPSA) is 50.2 Å². The van der Waals surface area contributed by atoms with Crippen molar-refractivity contribution in [2.75, 3.05) is 6.67 Å². The maximum Gasteiger partial charge on any atom is 0.189 e. The van der Waals surface area contributed by atoms with Gasteiger partial charge in [-0.15, -0.1) is 40.5 Å². The Balaban J connectivity index is 0.000000365. The first-order valence-corrected chi connectivity index (χ1v) is 19.8. The summed E-state index contributed by atoms with van der Waals surface area (Å²) in [5.41, 5.74) is 4.98. The van der Waals surface area contributed by atoms with Crippen LogP contribution in [0.3, 0.4) is 0 Å². The first-order valence-electron chi connectivity index (χ1n) is 15.5. The number of alkyl halides is 1. The maximum absolute atomic E-state index is 11.7. The van der Waals surface area contributed by atoms with E-state index in [1.165, 1.54) is 36.7 Å². The first-order chi connectivity index (χ1) is 20.7. The van der Waals surface area contributed by atoms with E-state index in [-0.39, 0.29) is 37.2 Å². The molecule has 0 amide bonds. The molecule has 0 unspecified atom stereocenters. The van der Waals surface area contributed by atoms with Gasteiger partial charge in [-0.3, -0.25) is 9.78 Å². The zero-order chi connectivity index (χ0) is 32.4. The number of fused-ring (bicyclic) bond motifs is 4. The fraction of sp³-hybridized carbons (Fsp3) is 0.368. The van der Waals surface area contributed by atoms with Crippen LogP contribution in [0, 0.1) is 18.9 Å². The van der Waals surface area contributed by atoms with Crippen molar-refractivity contribution in [3.63, 3.8) is 0 Å². The molecule has 0 fully saturated rings. The number of rotatable bonds is 7. The smallest absolute Gasteiger partial charge is 0.189 e. The van der Waals surface area contributed by atoms with E-state index in [0.29, 0.717) is 0 Å². The molecule has 0 atom stereocenters. The normalized spacial score (nSPS) is 12.4. The van der Waals surface area contributed by atoms with Crippen LogP contribution in [0.15, 0.2) is 66.6 Å². The van der Waals surface area contributed by atoms with Crippen molar-refractivity contribution in [2.24, 2.45) is 5.92 Å². The van der Waals surface area contributed by atoms with Crippen molar-refractivity contribution < 1.29 is 34.4 Å². The zero-order valence-corrected chi connectivity index (χ0v) is 32.1. The number of aromatic nitrogens is 1. The molecule has 241 valence electrons. The van der Waals surface area contributed by atoms with Crippen LogP contribution in [0.4, 0.5) is 4.39 Å². The number of halogens is 1. The number of pyridine rings is 1. The molecule has 0 aliphatic carbocycles. The van der Waals surface area contributed by atoms with Gasteiger partial charge in [0.15, 0.2) is 12.5 Å². The Morgan fingerprint density at radius 2 is 1.67 bits per heavy atom. The van der Waals surface area contributed by atoms with Gasteiger partial charge in [0.05, 0.1) is 13.8 Å². The summed E-state index contributed by atoms with van der Waals surface area (Å²) in [4.78, 5) is 15.4. The van der Waals surface area contributed by atoms with Gasteiger partial charge in [0.25, 0.3) is 0 Å². The van der Waals surface area contributed by atoms with Gasteiger partial charge in [0.2, 0.25) is 0 Å². The third kappa shape index (κ3) is 8.00. The minimum Gasteiger partial charge on any atom is -0.512 e. The number of aryl methyl sites for hydroxylation is 1. The van der Waals surface area contributed by atoms with Crippen molar-refractivity contribution in [3.05, 3.63) is 83.8 Å². The zero-order valence-electron chi connectivity index (χ0n) is 27.9. The minimum atomic E-state index is -1.40. The molecule has 0 saturated carbocycles. The third-order valence-electron chi connectivity index (χ3n) is 8.30. The molecule has 3 nitrogen and oxygen atoms in total. The van der Waals surface area contributed by atoms with Crippen molar-refractivity contribution in [2.45, 2.75) is 79.4 Å². The number of allylic oxidation sites excluding steroid dienone is 2. The number of benzene rings is 3. The molecule has 3 aromatic carbocycles. The maximum atomic E-state index is 11.7. The molecule has 0 aliphatic rings. The predicted molar refractivity (Wildman–Crippen MR) is 191 cm³/mol. The third-order valence-corrected chi connectivity index (χ3v) is 11.8. The molecule has 0 spiro atoms. The van der Waals surface area contributed by atoms with Gasteiger partial charge < -0.3 is 5.11 Å². The standard InChI is InChI=1S/C29H30NSSi.C9H15FO2.Ir/c1-18-25(32(5,6)7)13-12-22-23-14-15-30-26(28(23)31-27(18)22)20-16-19-10-8-9-11-21(19)24(17-20)29(2,3)4;1-3-7(4-2)9(12)5-8(11)6-10;/h8-15,17H,1-7H3;5,7,12H,3-4,6H2,1-2H3;/q-1;;/b;9-5-;. The predicted octanol–water partition coefficient (Wildman–Crippen LogP) is 10.6. The molecule has 2 heterocycles. The average molecular weight is 819 g/mol. The fourth-order valence-corrected chi connectivity index (χ4v) is 9.14. The molecule has 5 aromatic rings. The number of hydrogen-bond donors (Lipinski definition) is 1. The molecule has 1 N–H and O–H groups in total. The number of thiophene rings is 1. The van der Waals surface area contributed by atoms with Crippen molar-refractivity contribution in [1.82, 2.24) is 4.98 Å². The molecule has 0 saturated heterocycles. The second-order valence-electron chi connectivity index (χ2n) is 13.6. The summed E-state index contributed by atoms with van der Waals surface area (Å²) in [5.74, 6) is -0.678. The van der Waals surface area contributed by atoms with E-state index < -0.39 is 20.5 Å². The number of carbonyl (C=O) groups is 1. The fourth-order valence-electron chi connectivity index (χ4n) is 5.91. The monoisotopic (exact) mass is 819 g/mol. The Hall–Kier alpha value is -2.70. The Morgan fingerprint density at radius 3 is 2.27 bits per heavy atom. The van der Waals surface area contributed by atoms with E-state index in [4.69, 9.17) is 4.98 Å². The van der Waals surface area contributed by atoms with Crippen LogP contribution in [-0.4, -0.2) is 30.6 Å². The van der Waals surface area contributed by atoms with E-state index in [9.17, 15) is 14.3 Å². The second kappa shape index (κ2) is 14.8. The summed E-state index contributed by atoms with van der Waals surface area (Å²) in [7, 11) is -1.40. The van der Waals surface area contributed by atoms with Gasteiger partial charge in [-0.1, -0.05) is 101 Å². The van der Waals surface area contributed by atoms with Crippen molar-refractivity contribution >= 4 is 61.3 Å². The molecular weight excluding hydrogens is 774 g/mol. The minimum absolute atomic E-state index is 0. The van der Waals surface area contributed by atoms with Crippen LogP contribution < -0.4 is 5.19 Å². The number of aliphatic hydroxyl groups excluding tert-OH is 1. The number of aliphatic hydroxyl groups is 1. The SMILES string of the molecule is CCC(CC)/C(O)=C/C(=O)CF.Cc1c([Si](C)(C)C)ccc2c1sc1c(-c3[c-]c4ccccc4c(C(C)(C)C)c3)nccc12.[Ir]. The Bertz CT molecular complexity index is 1840. The summed E-state index contributed by atoms with van der Waals surface area (Å²) in [6, 6.07) is 21.5. The van der Waals surface area contributed by atoms with E-state index in [1.807, 2.05) is 31.4 Å². The van der Waals surface area contributed by atoms with Crippen LogP contribution in [0.1, 0.15) is 58.6 Å². The van der Waals surface area contributed by atoms with Gasteiger partial charge in [-0.2, -0.15) is 0 Å². The van der Waals surface area contributed by atoms with E-state index in [2.05, 4.69) is 102 Å². The molecule has 7 heteroatoms. The number of carbonyl (C=O) groups excluding carboxylic acids is 1. The summed E-state index contributed by atoms with van der Waals surface area (Å²) in [6.07, 6.45) is 4.47. The summed E-state index contributed by atoms with van der Waals surface area (Å²) in [6.45, 7) is 19.2. The molecule has 1 radical (unpaired) electrons. The van der Waals surface area contributed by atoms with E-state index in [0.717, 1.165) is 35.6 Å². The second-order valence-corrected chi connectivity index (χ2v) is 19.6. The number of hydrogen-bond acceptors (Lipinski definition) is 4. The first kappa shape index (κ1) is 36.8. The quantitative estimate of drug-likeness (QED) is 0.0770. The van der Waals surface area contributed by atoms with E-state index in [1.54, 1.807) is 5.19 Å². The summed E-state index contributed by atoms with van der Waals surface area (Å²) < 4.78 is 14.4. The van der Waals surface area contributed by atoms with Crippen LogP contribution in [0.25, 0.3) is 42.2 Å². The Morgan fingerprint density at radius 1 is 1.02 bits per heavy atom. The van der Waals surface area contributed by atoms with Gasteiger partial charge in [-0.25, -0.2) is 4.39 Å². The molecule has 45 heavy (non-hydrogen) atoms. The molecule has 5 rings (SSSR count). The van der Waals surface area contributed by atoms with Crippen LogP contribution in [-0.2, 0) is 30.3 Å². The van der Waals surface area contributed by atoms with Crippen LogP contribution in [0.5, 0.6) is 0 Å².